The van der Waals surface area contributed by atoms with Crippen LogP contribution in [0.3, 0.4) is 0 Å². The van der Waals surface area contributed by atoms with Gasteiger partial charge in [0.1, 0.15) is 17.7 Å². The maximum absolute atomic E-state index is 14.6. The van der Waals surface area contributed by atoms with Crippen LogP contribution in [0.1, 0.15) is 31.2 Å². The third kappa shape index (κ3) is 2.37. The van der Waals surface area contributed by atoms with Gasteiger partial charge in [-0.15, -0.1) is 0 Å². The Morgan fingerprint density at radius 2 is 1.88 bits per heavy atom. The summed E-state index contributed by atoms with van der Waals surface area (Å²) in [5.74, 6) is -2.65. The maximum atomic E-state index is 14.6. The highest BCUT2D eigenvalue weighted by Gasteiger charge is 2.54. The van der Waals surface area contributed by atoms with E-state index in [9.17, 15) is 24.6 Å². The third-order valence-corrected chi connectivity index (χ3v) is 5.41. The van der Waals surface area contributed by atoms with Crippen LogP contribution >= 0.6 is 0 Å². The molecule has 0 bridgehead atoms. The SMILES string of the molecule is C[C@@H]1CC=C2C(C#N)=C(N)C(C#N)(C#N)[C@H](c3ccc(F)cc3F)[C@@H]2C1. The van der Waals surface area contributed by atoms with E-state index in [0.29, 0.717) is 12.0 Å². The largest absolute Gasteiger partial charge is 0.399 e. The van der Waals surface area contributed by atoms with Gasteiger partial charge in [0.2, 0.25) is 0 Å². The molecule has 3 atom stereocenters. The molecular formula is C20H16F2N4. The van der Waals surface area contributed by atoms with Crippen molar-refractivity contribution in [3.8, 4) is 18.2 Å². The smallest absolute Gasteiger partial charge is 0.191 e. The average Bonchev–Trinajstić information content (AvgIpc) is 2.62. The van der Waals surface area contributed by atoms with Crippen molar-refractivity contribution in [1.82, 2.24) is 0 Å². The molecule has 0 saturated heterocycles. The second-order valence-corrected chi connectivity index (χ2v) is 6.92. The molecule has 0 aliphatic heterocycles. The maximum Gasteiger partial charge on any atom is 0.191 e. The monoisotopic (exact) mass is 350 g/mol. The fourth-order valence-corrected chi connectivity index (χ4v) is 4.17. The number of nitriles is 3. The van der Waals surface area contributed by atoms with E-state index in [1.165, 1.54) is 6.07 Å². The molecule has 0 fully saturated rings. The molecule has 3 rings (SSSR count). The standard InChI is InChI=1S/C20H16F2N4/c1-11-2-4-13-15(6-11)18(14-5-3-12(21)7-17(14)22)20(9-24,10-25)19(26)16(13)8-23/h3-5,7,11,15,18H,2,6,26H2,1H3/t11-,15-,18-/m1/s1. The summed E-state index contributed by atoms with van der Waals surface area (Å²) in [5, 5.41) is 29.3. The molecule has 0 spiro atoms. The van der Waals surface area contributed by atoms with Gasteiger partial charge in [-0.1, -0.05) is 19.1 Å². The topological polar surface area (TPSA) is 97.4 Å². The van der Waals surface area contributed by atoms with Crippen LogP contribution in [0.5, 0.6) is 0 Å². The van der Waals surface area contributed by atoms with E-state index < -0.39 is 28.9 Å². The number of hydrogen-bond donors (Lipinski definition) is 1. The van der Waals surface area contributed by atoms with Gasteiger partial charge in [-0.25, -0.2) is 8.78 Å². The number of halogens is 2. The number of hydrogen-bond acceptors (Lipinski definition) is 4. The highest BCUT2D eigenvalue weighted by molar-refractivity contribution is 5.59. The predicted octanol–water partition coefficient (Wildman–Crippen LogP) is 3.80. The fraction of sp³-hybridized carbons (Fsp3) is 0.350. The molecule has 2 aliphatic rings. The van der Waals surface area contributed by atoms with Gasteiger partial charge in [0, 0.05) is 12.0 Å². The highest BCUT2D eigenvalue weighted by atomic mass is 19.1. The van der Waals surface area contributed by atoms with E-state index >= 15 is 0 Å². The zero-order valence-electron chi connectivity index (χ0n) is 14.1. The van der Waals surface area contributed by atoms with Crippen LogP contribution in [0.25, 0.3) is 0 Å². The number of fused-ring (bicyclic) bond motifs is 1. The lowest BCUT2D eigenvalue weighted by Crippen LogP contribution is -2.43. The second kappa shape index (κ2) is 6.28. The lowest BCUT2D eigenvalue weighted by Gasteiger charge is -2.44. The Morgan fingerprint density at radius 1 is 1.19 bits per heavy atom. The van der Waals surface area contributed by atoms with Crippen LogP contribution < -0.4 is 5.73 Å². The van der Waals surface area contributed by atoms with Crippen molar-refractivity contribution in [2.24, 2.45) is 23.0 Å². The fourth-order valence-electron chi connectivity index (χ4n) is 4.17. The van der Waals surface area contributed by atoms with Crippen molar-refractivity contribution < 1.29 is 8.78 Å². The van der Waals surface area contributed by atoms with Crippen molar-refractivity contribution in [2.45, 2.75) is 25.7 Å². The minimum atomic E-state index is -1.89. The van der Waals surface area contributed by atoms with Crippen LogP contribution in [0.2, 0.25) is 0 Å². The van der Waals surface area contributed by atoms with E-state index in [-0.39, 0.29) is 22.8 Å². The van der Waals surface area contributed by atoms with Crippen LogP contribution in [-0.4, -0.2) is 0 Å². The Kier molecular flexibility index (Phi) is 4.26. The second-order valence-electron chi connectivity index (χ2n) is 6.92. The number of benzene rings is 1. The zero-order valence-corrected chi connectivity index (χ0v) is 14.1. The van der Waals surface area contributed by atoms with Crippen molar-refractivity contribution >= 4 is 0 Å². The van der Waals surface area contributed by atoms with Crippen molar-refractivity contribution in [3.05, 3.63) is 58.3 Å². The molecule has 0 radical (unpaired) electrons. The summed E-state index contributed by atoms with van der Waals surface area (Å²) >= 11 is 0. The third-order valence-electron chi connectivity index (χ3n) is 5.41. The lowest BCUT2D eigenvalue weighted by molar-refractivity contribution is 0.278. The summed E-state index contributed by atoms with van der Waals surface area (Å²) in [7, 11) is 0. The molecule has 2 aliphatic carbocycles. The summed E-state index contributed by atoms with van der Waals surface area (Å²) in [6, 6.07) is 9.00. The molecule has 0 unspecified atom stereocenters. The van der Waals surface area contributed by atoms with Gasteiger partial charge < -0.3 is 5.73 Å². The van der Waals surface area contributed by atoms with Crippen molar-refractivity contribution in [1.29, 1.82) is 15.8 Å². The summed E-state index contributed by atoms with van der Waals surface area (Å²) in [5.41, 5.74) is 4.92. The Morgan fingerprint density at radius 3 is 2.46 bits per heavy atom. The van der Waals surface area contributed by atoms with E-state index in [0.717, 1.165) is 18.6 Å². The molecule has 26 heavy (non-hydrogen) atoms. The van der Waals surface area contributed by atoms with Crippen molar-refractivity contribution in [2.75, 3.05) is 0 Å². The molecule has 0 saturated carbocycles. The first-order valence-corrected chi connectivity index (χ1v) is 8.27. The molecule has 1 aromatic carbocycles. The normalized spacial score (nSPS) is 26.8. The molecule has 1 aromatic rings. The van der Waals surface area contributed by atoms with Gasteiger partial charge in [-0.05, 0) is 41.9 Å². The Bertz CT molecular complexity index is 941. The van der Waals surface area contributed by atoms with E-state index in [4.69, 9.17) is 5.73 Å². The molecule has 0 heterocycles. The lowest BCUT2D eigenvalue weighted by atomic mass is 9.56. The first-order valence-electron chi connectivity index (χ1n) is 8.27. The number of rotatable bonds is 1. The van der Waals surface area contributed by atoms with Gasteiger partial charge in [-0.3, -0.25) is 0 Å². The predicted molar refractivity (Wildman–Crippen MR) is 89.6 cm³/mol. The van der Waals surface area contributed by atoms with Gasteiger partial charge in [-0.2, -0.15) is 15.8 Å². The van der Waals surface area contributed by atoms with E-state index in [1.54, 1.807) is 0 Å². The Hall–Kier alpha value is -3.17. The first-order chi connectivity index (χ1) is 12.4. The van der Waals surface area contributed by atoms with Crippen LogP contribution in [0.4, 0.5) is 8.78 Å². The molecule has 6 heteroatoms. The van der Waals surface area contributed by atoms with E-state index in [2.05, 4.69) is 0 Å². The van der Waals surface area contributed by atoms with Crippen LogP contribution in [-0.2, 0) is 0 Å². The van der Waals surface area contributed by atoms with E-state index in [1.807, 2.05) is 31.2 Å². The molecule has 4 nitrogen and oxygen atoms in total. The van der Waals surface area contributed by atoms with Gasteiger partial charge in [0.15, 0.2) is 5.41 Å². The first kappa shape index (κ1) is 17.6. The summed E-state index contributed by atoms with van der Waals surface area (Å²) in [6.07, 6.45) is 3.20. The Labute approximate surface area is 150 Å². The van der Waals surface area contributed by atoms with Crippen molar-refractivity contribution in [3.63, 3.8) is 0 Å². The number of nitrogens with zero attached hydrogens (tertiary/aromatic N) is 3. The summed E-state index contributed by atoms with van der Waals surface area (Å²) in [4.78, 5) is 0. The number of allylic oxidation sites excluding steroid dienone is 4. The molecule has 2 N–H and O–H groups in total. The Balaban J connectivity index is 2.36. The summed E-state index contributed by atoms with van der Waals surface area (Å²) < 4.78 is 28.0. The molecule has 0 aromatic heterocycles. The molecular weight excluding hydrogens is 334 g/mol. The quantitative estimate of drug-likeness (QED) is 0.833. The van der Waals surface area contributed by atoms with Gasteiger partial charge in [0.25, 0.3) is 0 Å². The van der Waals surface area contributed by atoms with Gasteiger partial charge in [0.05, 0.1) is 23.4 Å². The van der Waals surface area contributed by atoms with Crippen LogP contribution in [0.15, 0.2) is 41.1 Å². The minimum Gasteiger partial charge on any atom is -0.399 e. The summed E-state index contributed by atoms with van der Waals surface area (Å²) in [6.45, 7) is 2.01. The molecule has 0 amide bonds. The van der Waals surface area contributed by atoms with Crippen LogP contribution in [0, 0.1) is 62.9 Å². The van der Waals surface area contributed by atoms with Gasteiger partial charge >= 0.3 is 0 Å². The number of nitrogens with two attached hydrogens (primary N) is 1. The average molecular weight is 350 g/mol. The zero-order chi connectivity index (χ0) is 19.1. The molecule has 130 valence electrons. The minimum absolute atomic E-state index is 0.0689. The highest BCUT2D eigenvalue weighted by Crippen LogP contribution is 2.56.